The number of nitrogens with zero attached hydrogens (tertiary/aromatic N) is 2. The second kappa shape index (κ2) is 5.99. The fourth-order valence-electron chi connectivity index (χ4n) is 2.24. The zero-order valence-corrected chi connectivity index (χ0v) is 11.4. The van der Waals surface area contributed by atoms with E-state index in [9.17, 15) is 9.18 Å². The van der Waals surface area contributed by atoms with E-state index < -0.39 is 5.95 Å². The third-order valence-corrected chi connectivity index (χ3v) is 3.32. The molecule has 1 N–H and O–H groups in total. The quantitative estimate of drug-likeness (QED) is 0.850. The van der Waals surface area contributed by atoms with Gasteiger partial charge in [0.25, 0.3) is 0 Å². The van der Waals surface area contributed by atoms with Crippen LogP contribution in [-0.2, 0) is 4.79 Å². The minimum Gasteiger partial charge on any atom is -0.354 e. The molecule has 0 aromatic carbocycles. The molecule has 4 nitrogen and oxygen atoms in total. The first-order valence-electron chi connectivity index (χ1n) is 6.74. The first-order valence-corrected chi connectivity index (χ1v) is 6.74. The molecular weight excluding hydrogens is 245 g/mol. The van der Waals surface area contributed by atoms with E-state index in [1.807, 2.05) is 18.7 Å². The molecule has 0 bridgehead atoms. The molecule has 1 unspecified atom stereocenters. The third-order valence-electron chi connectivity index (χ3n) is 3.32. The number of rotatable bonds is 3. The van der Waals surface area contributed by atoms with E-state index in [2.05, 4.69) is 10.3 Å². The molecular formula is C14H20FN3O. The highest BCUT2D eigenvalue weighted by Crippen LogP contribution is 2.18. The normalized spacial score (nSPS) is 19.6. The Balaban J connectivity index is 1.99. The number of carbonyl (C=O) groups excluding carboxylic acids is 1. The Hall–Kier alpha value is -1.65. The lowest BCUT2D eigenvalue weighted by Crippen LogP contribution is -2.49. The number of piperidine rings is 1. The lowest BCUT2D eigenvalue weighted by atomic mass is 10.0. The third kappa shape index (κ3) is 3.66. The average molecular weight is 265 g/mol. The van der Waals surface area contributed by atoms with E-state index in [0.717, 1.165) is 19.4 Å². The van der Waals surface area contributed by atoms with Gasteiger partial charge in [-0.15, -0.1) is 0 Å². The number of nitrogens with one attached hydrogen (secondary N) is 1. The zero-order valence-electron chi connectivity index (χ0n) is 11.4. The Morgan fingerprint density at radius 1 is 1.53 bits per heavy atom. The number of carbonyl (C=O) groups is 1. The maximum Gasteiger partial charge on any atom is 0.222 e. The Kier molecular flexibility index (Phi) is 4.35. The van der Waals surface area contributed by atoms with Crippen molar-refractivity contribution in [3.05, 3.63) is 24.1 Å². The van der Waals surface area contributed by atoms with Crippen LogP contribution in [0.3, 0.4) is 0 Å². The van der Waals surface area contributed by atoms with Crippen molar-refractivity contribution in [2.24, 2.45) is 5.92 Å². The maximum absolute atomic E-state index is 13.1. The molecule has 1 atom stereocenters. The smallest absolute Gasteiger partial charge is 0.222 e. The number of anilines is 1. The van der Waals surface area contributed by atoms with Crippen molar-refractivity contribution < 1.29 is 9.18 Å². The van der Waals surface area contributed by atoms with Crippen LogP contribution in [0, 0.1) is 11.9 Å². The van der Waals surface area contributed by atoms with Gasteiger partial charge in [0.1, 0.15) is 5.82 Å². The van der Waals surface area contributed by atoms with E-state index in [-0.39, 0.29) is 17.9 Å². The molecule has 1 fully saturated rings. The van der Waals surface area contributed by atoms with Gasteiger partial charge in [-0.25, -0.2) is 4.98 Å². The summed E-state index contributed by atoms with van der Waals surface area (Å²) in [6.45, 7) is 5.30. The molecule has 5 heteroatoms. The lowest BCUT2D eigenvalue weighted by molar-refractivity contribution is -0.124. The van der Waals surface area contributed by atoms with E-state index in [1.165, 1.54) is 6.07 Å². The number of amides is 1. The van der Waals surface area contributed by atoms with Crippen molar-refractivity contribution in [3.8, 4) is 0 Å². The molecule has 2 heterocycles. The second-order valence-corrected chi connectivity index (χ2v) is 5.27. The summed E-state index contributed by atoms with van der Waals surface area (Å²) in [5.74, 6) is 0.232. The Labute approximate surface area is 113 Å². The number of pyridine rings is 1. The first kappa shape index (κ1) is 13.8. The highest BCUT2D eigenvalue weighted by molar-refractivity contribution is 5.78. The van der Waals surface area contributed by atoms with Crippen LogP contribution in [0.15, 0.2) is 18.2 Å². The fourth-order valence-corrected chi connectivity index (χ4v) is 2.24. The highest BCUT2D eigenvalue weighted by Gasteiger charge is 2.23. The van der Waals surface area contributed by atoms with Gasteiger partial charge in [0, 0.05) is 25.0 Å². The van der Waals surface area contributed by atoms with E-state index in [0.29, 0.717) is 12.4 Å². The van der Waals surface area contributed by atoms with Gasteiger partial charge in [-0.1, -0.05) is 19.9 Å². The summed E-state index contributed by atoms with van der Waals surface area (Å²) in [6.07, 6.45) is 1.94. The fraction of sp³-hybridized carbons (Fsp3) is 0.571. The average Bonchev–Trinajstić information content (AvgIpc) is 2.39. The van der Waals surface area contributed by atoms with Crippen LogP contribution in [0.1, 0.15) is 26.7 Å². The van der Waals surface area contributed by atoms with Crippen LogP contribution < -0.4 is 10.2 Å². The van der Waals surface area contributed by atoms with Gasteiger partial charge in [-0.2, -0.15) is 4.39 Å². The Morgan fingerprint density at radius 3 is 3.00 bits per heavy atom. The van der Waals surface area contributed by atoms with Crippen molar-refractivity contribution in [1.29, 1.82) is 0 Å². The number of halogens is 1. The first-order chi connectivity index (χ1) is 9.06. The summed E-state index contributed by atoms with van der Waals surface area (Å²) < 4.78 is 13.1. The molecule has 0 spiro atoms. The maximum atomic E-state index is 13.1. The lowest BCUT2D eigenvalue weighted by Gasteiger charge is -2.34. The molecule has 1 aromatic rings. The number of hydrogen-bond donors (Lipinski definition) is 1. The molecule has 0 saturated carbocycles. The van der Waals surface area contributed by atoms with Gasteiger partial charge in [0.05, 0.1) is 0 Å². The number of aromatic nitrogens is 1. The predicted molar refractivity (Wildman–Crippen MR) is 72.4 cm³/mol. The monoisotopic (exact) mass is 265 g/mol. The van der Waals surface area contributed by atoms with Crippen molar-refractivity contribution >= 4 is 11.7 Å². The second-order valence-electron chi connectivity index (χ2n) is 5.27. The molecule has 1 aliphatic heterocycles. The topological polar surface area (TPSA) is 45.2 Å². The van der Waals surface area contributed by atoms with Crippen molar-refractivity contribution in [1.82, 2.24) is 10.3 Å². The predicted octanol–water partition coefficient (Wildman–Crippen LogP) is 1.96. The van der Waals surface area contributed by atoms with Crippen molar-refractivity contribution in [2.75, 3.05) is 18.0 Å². The van der Waals surface area contributed by atoms with Crippen LogP contribution in [0.25, 0.3) is 0 Å². The number of hydrogen-bond acceptors (Lipinski definition) is 3. The molecule has 1 aliphatic rings. The van der Waals surface area contributed by atoms with E-state index >= 15 is 0 Å². The van der Waals surface area contributed by atoms with Gasteiger partial charge in [-0.3, -0.25) is 4.79 Å². The minimum absolute atomic E-state index is 0.0114. The molecule has 1 saturated heterocycles. The summed E-state index contributed by atoms with van der Waals surface area (Å²) >= 11 is 0. The molecule has 2 rings (SSSR count). The summed E-state index contributed by atoms with van der Waals surface area (Å²) in [6, 6.07) is 4.92. The van der Waals surface area contributed by atoms with Gasteiger partial charge in [-0.05, 0) is 25.0 Å². The highest BCUT2D eigenvalue weighted by atomic mass is 19.1. The standard InChI is InChI=1S/C14H20FN3O/c1-10(2)14(19)16-11-5-4-8-18(9-11)13-7-3-6-12(15)17-13/h3,6-7,10-11H,4-5,8-9H2,1-2H3,(H,16,19). The summed E-state index contributed by atoms with van der Waals surface area (Å²) in [5, 5.41) is 3.03. The molecule has 1 amide bonds. The molecule has 19 heavy (non-hydrogen) atoms. The Morgan fingerprint density at radius 2 is 2.32 bits per heavy atom. The minimum atomic E-state index is -0.467. The van der Waals surface area contributed by atoms with Crippen LogP contribution in [-0.4, -0.2) is 30.0 Å². The zero-order chi connectivity index (χ0) is 13.8. The van der Waals surface area contributed by atoms with Gasteiger partial charge < -0.3 is 10.2 Å². The van der Waals surface area contributed by atoms with Crippen LogP contribution in [0.4, 0.5) is 10.2 Å². The van der Waals surface area contributed by atoms with Crippen LogP contribution in [0.5, 0.6) is 0 Å². The van der Waals surface area contributed by atoms with Gasteiger partial charge >= 0.3 is 0 Å². The van der Waals surface area contributed by atoms with Crippen LogP contribution in [0.2, 0.25) is 0 Å². The molecule has 1 aromatic heterocycles. The molecule has 0 radical (unpaired) electrons. The summed E-state index contributed by atoms with van der Waals surface area (Å²) in [7, 11) is 0. The summed E-state index contributed by atoms with van der Waals surface area (Å²) in [4.78, 5) is 17.6. The largest absolute Gasteiger partial charge is 0.354 e. The molecule has 0 aliphatic carbocycles. The Bertz CT molecular complexity index is 450. The SMILES string of the molecule is CC(C)C(=O)NC1CCCN(c2cccc(F)n2)C1. The van der Waals surface area contributed by atoms with Crippen LogP contribution >= 0.6 is 0 Å². The van der Waals surface area contributed by atoms with Crippen molar-refractivity contribution in [3.63, 3.8) is 0 Å². The van der Waals surface area contributed by atoms with Crippen molar-refractivity contribution in [2.45, 2.75) is 32.7 Å². The molecule has 104 valence electrons. The van der Waals surface area contributed by atoms with Gasteiger partial charge in [0.15, 0.2) is 0 Å². The van der Waals surface area contributed by atoms with E-state index in [4.69, 9.17) is 0 Å². The summed E-state index contributed by atoms with van der Waals surface area (Å²) in [5.41, 5.74) is 0. The van der Waals surface area contributed by atoms with Gasteiger partial charge in [0.2, 0.25) is 11.9 Å². The van der Waals surface area contributed by atoms with E-state index in [1.54, 1.807) is 12.1 Å².